The lowest BCUT2D eigenvalue weighted by atomic mass is 10.0. The fraction of sp³-hybridized carbons (Fsp3) is 0.0968. The van der Waals surface area contributed by atoms with Gasteiger partial charge in [0.15, 0.2) is 0 Å². The van der Waals surface area contributed by atoms with Crippen molar-refractivity contribution in [1.82, 2.24) is 0 Å². The van der Waals surface area contributed by atoms with Crippen LogP contribution in [0.25, 0.3) is 0 Å². The number of nitrogens with one attached hydrogen (secondary N) is 2. The quantitative estimate of drug-likeness (QED) is 0.175. The molecule has 0 bridgehead atoms. The summed E-state index contributed by atoms with van der Waals surface area (Å²) in [6.07, 6.45) is 0. The van der Waals surface area contributed by atoms with E-state index in [0.29, 0.717) is 16.3 Å². The molecule has 0 saturated heterocycles. The van der Waals surface area contributed by atoms with Gasteiger partial charge in [-0.3, -0.25) is 9.59 Å². The summed E-state index contributed by atoms with van der Waals surface area (Å²) in [5.41, 5.74) is 3.23. The lowest BCUT2D eigenvalue weighted by Crippen LogP contribution is -2.19. The average molecular weight is 555 g/mol. The molecule has 4 aromatic carbocycles. The van der Waals surface area contributed by atoms with Gasteiger partial charge in [0, 0.05) is 16.3 Å². The van der Waals surface area contributed by atoms with Crippen molar-refractivity contribution in [2.45, 2.75) is 24.0 Å². The first kappa shape index (κ1) is 28.1. The zero-order chi connectivity index (χ0) is 28.8. The zero-order valence-corrected chi connectivity index (χ0v) is 22.5. The Morgan fingerprint density at radius 2 is 1.40 bits per heavy atom. The van der Waals surface area contributed by atoms with E-state index < -0.39 is 28.7 Å². The lowest BCUT2D eigenvalue weighted by Gasteiger charge is -2.18. The van der Waals surface area contributed by atoms with Crippen LogP contribution < -0.4 is 10.6 Å². The van der Waals surface area contributed by atoms with Gasteiger partial charge >= 0.3 is 11.9 Å². The summed E-state index contributed by atoms with van der Waals surface area (Å²) < 4.78 is 0. The molecule has 0 saturated carbocycles. The van der Waals surface area contributed by atoms with E-state index >= 15 is 0 Å². The lowest BCUT2D eigenvalue weighted by molar-refractivity contribution is -0.115. The van der Waals surface area contributed by atoms with Crippen LogP contribution in [-0.2, 0) is 4.79 Å². The van der Waals surface area contributed by atoms with Gasteiger partial charge in [-0.25, -0.2) is 9.59 Å². The number of hydrogen-bond acceptors (Lipinski definition) is 5. The Balaban J connectivity index is 1.57. The first-order valence-corrected chi connectivity index (χ1v) is 13.1. The van der Waals surface area contributed by atoms with Gasteiger partial charge in [0.05, 0.1) is 16.7 Å². The molecular formula is C31H26N2O6S. The summed E-state index contributed by atoms with van der Waals surface area (Å²) in [5, 5.41) is 23.7. The molecule has 8 nitrogen and oxygen atoms in total. The number of thioether (sulfide) groups is 1. The number of amides is 2. The number of aryl methyl sites for hydroxylation is 2. The maximum absolute atomic E-state index is 13.4. The Bertz CT molecular complexity index is 1600. The highest BCUT2D eigenvalue weighted by molar-refractivity contribution is 8.00. The summed E-state index contributed by atoms with van der Waals surface area (Å²) in [6, 6.07) is 25.2. The van der Waals surface area contributed by atoms with Crippen molar-refractivity contribution >= 4 is 46.9 Å². The van der Waals surface area contributed by atoms with Gasteiger partial charge in [0.2, 0.25) is 5.91 Å². The largest absolute Gasteiger partial charge is 0.478 e. The maximum atomic E-state index is 13.4. The minimum atomic E-state index is -1.42. The fourth-order valence-corrected chi connectivity index (χ4v) is 5.05. The van der Waals surface area contributed by atoms with Crippen molar-refractivity contribution < 1.29 is 29.4 Å². The zero-order valence-electron chi connectivity index (χ0n) is 21.7. The van der Waals surface area contributed by atoms with Crippen molar-refractivity contribution in [2.75, 3.05) is 10.6 Å². The molecule has 9 heteroatoms. The van der Waals surface area contributed by atoms with E-state index in [9.17, 15) is 24.3 Å². The van der Waals surface area contributed by atoms with Crippen molar-refractivity contribution in [2.24, 2.45) is 0 Å². The number of aromatic carboxylic acids is 2. The van der Waals surface area contributed by atoms with Gasteiger partial charge in [-0.2, -0.15) is 0 Å². The molecular weight excluding hydrogens is 528 g/mol. The van der Waals surface area contributed by atoms with Crippen LogP contribution in [-0.4, -0.2) is 34.0 Å². The van der Waals surface area contributed by atoms with E-state index in [2.05, 4.69) is 10.6 Å². The minimum absolute atomic E-state index is 0.175. The standard InChI is InChI=1S/C31H26N2O6S/c1-18-11-13-23(15-19(18)2)33-29(35)27(20-7-4-3-5-8-20)40-24-10-6-9-22(17-24)32-28(34)25-14-12-21(30(36)37)16-26(25)31(38)39/h3-17,27H,1-2H3,(H,32,34)(H,33,35)(H,36,37)(H,38,39). The van der Waals surface area contributed by atoms with Gasteiger partial charge < -0.3 is 20.8 Å². The number of carboxylic acid groups (broad SMARTS) is 2. The molecule has 0 heterocycles. The number of rotatable bonds is 9. The second kappa shape index (κ2) is 12.3. The van der Waals surface area contributed by atoms with Gasteiger partial charge in [-0.05, 0) is 79.1 Å². The number of benzene rings is 4. The van der Waals surface area contributed by atoms with E-state index in [-0.39, 0.29) is 17.0 Å². The molecule has 0 aliphatic carbocycles. The van der Waals surface area contributed by atoms with Gasteiger partial charge in [0.25, 0.3) is 5.91 Å². The first-order chi connectivity index (χ1) is 19.1. The molecule has 4 aromatic rings. The SMILES string of the molecule is Cc1ccc(NC(=O)C(Sc2cccc(NC(=O)c3ccc(C(=O)O)cc3C(=O)O)c2)c2ccccc2)cc1C. The second-order valence-electron chi connectivity index (χ2n) is 9.05. The maximum Gasteiger partial charge on any atom is 0.336 e. The predicted molar refractivity (Wildman–Crippen MR) is 154 cm³/mol. The van der Waals surface area contributed by atoms with Gasteiger partial charge in [-0.1, -0.05) is 42.5 Å². The Morgan fingerprint density at radius 3 is 2.08 bits per heavy atom. The normalized spacial score (nSPS) is 11.3. The molecule has 2 amide bonds. The van der Waals surface area contributed by atoms with Crippen LogP contribution in [0.2, 0.25) is 0 Å². The number of carbonyl (C=O) groups is 4. The fourth-order valence-electron chi connectivity index (χ4n) is 3.96. The van der Waals surface area contributed by atoms with Crippen LogP contribution in [0, 0.1) is 13.8 Å². The molecule has 4 rings (SSSR count). The Hall–Kier alpha value is -4.89. The van der Waals surface area contributed by atoms with Gasteiger partial charge in [-0.15, -0.1) is 11.8 Å². The Kier molecular flexibility index (Phi) is 8.66. The second-order valence-corrected chi connectivity index (χ2v) is 10.2. The van der Waals surface area contributed by atoms with Crippen molar-refractivity contribution in [1.29, 1.82) is 0 Å². The molecule has 1 atom stereocenters. The molecule has 0 radical (unpaired) electrons. The summed E-state index contributed by atoms with van der Waals surface area (Å²) in [7, 11) is 0. The topological polar surface area (TPSA) is 133 Å². The van der Waals surface area contributed by atoms with E-state index in [1.54, 1.807) is 18.2 Å². The molecule has 202 valence electrons. The van der Waals surface area contributed by atoms with Crippen LogP contribution >= 0.6 is 11.8 Å². The molecule has 0 fully saturated rings. The third-order valence-corrected chi connectivity index (χ3v) is 7.45. The van der Waals surface area contributed by atoms with Crippen LogP contribution in [0.15, 0.2) is 95.9 Å². The highest BCUT2D eigenvalue weighted by Crippen LogP contribution is 2.37. The molecule has 0 spiro atoms. The first-order valence-electron chi connectivity index (χ1n) is 12.2. The van der Waals surface area contributed by atoms with E-state index in [4.69, 9.17) is 5.11 Å². The monoisotopic (exact) mass is 554 g/mol. The highest BCUT2D eigenvalue weighted by atomic mass is 32.2. The minimum Gasteiger partial charge on any atom is -0.478 e. The third-order valence-electron chi connectivity index (χ3n) is 6.20. The number of carboxylic acids is 2. The number of carbonyl (C=O) groups excluding carboxylic acids is 2. The van der Waals surface area contributed by atoms with Crippen molar-refractivity contribution in [3.05, 3.63) is 124 Å². The van der Waals surface area contributed by atoms with E-state index in [1.165, 1.54) is 23.9 Å². The molecule has 0 aliphatic rings. The number of anilines is 2. The smallest absolute Gasteiger partial charge is 0.336 e. The predicted octanol–water partition coefficient (Wildman–Crippen LogP) is 6.42. The van der Waals surface area contributed by atoms with Crippen molar-refractivity contribution in [3.63, 3.8) is 0 Å². The molecule has 1 unspecified atom stereocenters. The Labute approximate surface area is 235 Å². The van der Waals surface area contributed by atoms with Crippen LogP contribution in [0.5, 0.6) is 0 Å². The van der Waals surface area contributed by atoms with Crippen LogP contribution in [0.1, 0.15) is 53.0 Å². The van der Waals surface area contributed by atoms with E-state index in [1.807, 2.05) is 68.4 Å². The average Bonchev–Trinajstić information content (AvgIpc) is 2.94. The van der Waals surface area contributed by atoms with Crippen LogP contribution in [0.3, 0.4) is 0 Å². The molecule has 40 heavy (non-hydrogen) atoms. The summed E-state index contributed by atoms with van der Waals surface area (Å²) in [5.74, 6) is -3.63. The summed E-state index contributed by atoms with van der Waals surface area (Å²) in [6.45, 7) is 3.98. The third kappa shape index (κ3) is 6.75. The molecule has 0 aliphatic heterocycles. The van der Waals surface area contributed by atoms with Crippen molar-refractivity contribution in [3.8, 4) is 0 Å². The Morgan fingerprint density at radius 1 is 0.675 bits per heavy atom. The van der Waals surface area contributed by atoms with E-state index in [0.717, 1.165) is 22.8 Å². The highest BCUT2D eigenvalue weighted by Gasteiger charge is 2.23. The summed E-state index contributed by atoms with van der Waals surface area (Å²) in [4.78, 5) is 50.0. The molecule has 0 aromatic heterocycles. The van der Waals surface area contributed by atoms with Crippen LogP contribution in [0.4, 0.5) is 11.4 Å². The molecule has 4 N–H and O–H groups in total. The summed E-state index contributed by atoms with van der Waals surface area (Å²) >= 11 is 1.30. The van der Waals surface area contributed by atoms with Gasteiger partial charge in [0.1, 0.15) is 5.25 Å². The number of hydrogen-bond donors (Lipinski definition) is 4.